The van der Waals surface area contributed by atoms with Gasteiger partial charge in [0.05, 0.1) is 71.0 Å². The lowest BCUT2D eigenvalue weighted by atomic mass is 9.94. The zero-order chi connectivity index (χ0) is 70.2. The second-order valence-corrected chi connectivity index (χ2v) is 34.0. The van der Waals surface area contributed by atoms with Crippen LogP contribution in [0.5, 0.6) is 0 Å². The highest BCUT2D eigenvalue weighted by Gasteiger charge is 2.58. The third-order valence-electron chi connectivity index (χ3n) is 18.0. The van der Waals surface area contributed by atoms with Crippen LogP contribution in [0.1, 0.15) is 72.2 Å². The summed E-state index contributed by atoms with van der Waals surface area (Å²) in [5.41, 5.74) is 6.55. The molecule has 3 aliphatic heterocycles. The molecule has 17 heteroatoms. The quantitative estimate of drug-likeness (QED) is 0.0273. The lowest BCUT2D eigenvalue weighted by Crippen LogP contribution is -2.68. The van der Waals surface area contributed by atoms with Crippen molar-refractivity contribution in [2.24, 2.45) is 5.41 Å². The second-order valence-electron chi connectivity index (χ2n) is 28.4. The number of hydrogen-bond acceptors (Lipinski definition) is 16. The van der Waals surface area contributed by atoms with Crippen molar-refractivity contribution in [3.8, 4) is 0 Å². The molecular weight excluding hydrogens is 1290 g/mol. The van der Waals surface area contributed by atoms with E-state index in [0.29, 0.717) is 6.61 Å². The van der Waals surface area contributed by atoms with Gasteiger partial charge >= 0.3 is 5.97 Å². The smallest absolute Gasteiger partial charge is 0.311 e. The largest absolute Gasteiger partial charge is 0.462 e. The molecule has 11 rings (SSSR count). The number of benzene rings is 8. The van der Waals surface area contributed by atoms with Crippen molar-refractivity contribution < 1.29 is 75.8 Å². The monoisotopic (exact) mass is 1390 g/mol. The fraction of sp³-hybridized carbons (Fsp3) is 0.417. The molecule has 0 radical (unpaired) electrons. The van der Waals surface area contributed by atoms with Crippen molar-refractivity contribution >= 4 is 14.0 Å². The van der Waals surface area contributed by atoms with Crippen LogP contribution in [0.15, 0.2) is 243 Å². The van der Waals surface area contributed by atoms with Gasteiger partial charge in [-0.15, -0.1) is 0 Å². The Morgan fingerprint density at radius 2 is 0.634 bits per heavy atom. The zero-order valence-corrected chi connectivity index (χ0v) is 60.3. The molecule has 0 aliphatic carbocycles. The van der Waals surface area contributed by atoms with Crippen molar-refractivity contribution in [1.82, 2.24) is 0 Å². The number of esters is 1. The van der Waals surface area contributed by atoms with Crippen molar-refractivity contribution in [3.63, 3.8) is 0 Å². The Morgan fingerprint density at radius 1 is 0.337 bits per heavy atom. The van der Waals surface area contributed by atoms with Gasteiger partial charge in [-0.2, -0.15) is 0 Å². The number of ether oxygens (including phenoxy) is 15. The minimum atomic E-state index is -1.74. The molecule has 16 nitrogen and oxygen atoms in total. The third kappa shape index (κ3) is 22.7. The molecule has 15 atom stereocenters. The highest BCUT2D eigenvalue weighted by Crippen LogP contribution is 2.40. The molecule has 101 heavy (non-hydrogen) atoms. The summed E-state index contributed by atoms with van der Waals surface area (Å²) in [6.45, 7) is 15.9. The Labute approximate surface area is 597 Å². The minimum absolute atomic E-state index is 0.0421. The van der Waals surface area contributed by atoms with Crippen LogP contribution in [-0.4, -0.2) is 126 Å². The number of carbonyl (C=O) groups is 1. The predicted octanol–water partition coefficient (Wildman–Crippen LogP) is 15.2. The first-order valence-electron chi connectivity index (χ1n) is 35.4. The van der Waals surface area contributed by atoms with Crippen LogP contribution in [0.25, 0.3) is 0 Å². The maximum atomic E-state index is 14.3. The molecule has 0 spiro atoms. The molecule has 536 valence electrons. The van der Waals surface area contributed by atoms with Crippen molar-refractivity contribution in [1.29, 1.82) is 0 Å². The summed E-state index contributed by atoms with van der Waals surface area (Å²) in [7, 11) is -1.74. The van der Waals surface area contributed by atoms with Crippen molar-refractivity contribution in [2.75, 3.05) is 19.8 Å². The van der Waals surface area contributed by atoms with Gasteiger partial charge in [0.25, 0.3) is 0 Å². The van der Waals surface area contributed by atoms with E-state index in [9.17, 15) is 4.79 Å². The molecule has 3 aliphatic rings. The van der Waals surface area contributed by atoms with E-state index in [1.165, 1.54) is 0 Å². The zero-order valence-electron chi connectivity index (χ0n) is 59.3. The molecule has 8 aromatic carbocycles. The van der Waals surface area contributed by atoms with E-state index in [2.05, 4.69) is 19.6 Å². The summed E-state index contributed by atoms with van der Waals surface area (Å²) in [6, 6.07) is 80.6. The standard InChI is InChI=1S/C84H100O16Si/c1-60-71(88-51-62-34-18-9-19-35-62)74(90-53-64-38-22-11-23-39-64)77(92-55-66-42-26-13-27-43-66)81(96-60)100-76-73(70(59-95-83(85)84(2,3)4)97-80(87-48-49-101(5,6)7)79(76)94-57-68-46-30-15-31-47-68)99-82-78(93-56-67-44-28-14-29-45-67)75(91-54-65-40-24-12-25-41-65)72(89-52-63-36-20-10-21-37-63)69(98-82)58-86-50-61-32-16-8-17-33-61/h8-47,60,69-82H,48-59H2,1-7H3/t60-,69?,70+,71+,72?,73+,74+,75?,76-,77-,78?,79+,80+,81-,82?/m0/s1. The summed E-state index contributed by atoms with van der Waals surface area (Å²) in [4.78, 5) is 14.3. The van der Waals surface area contributed by atoms with E-state index < -0.39 is 112 Å². The molecule has 3 saturated heterocycles. The van der Waals surface area contributed by atoms with Gasteiger partial charge in [0.2, 0.25) is 0 Å². The van der Waals surface area contributed by atoms with Crippen molar-refractivity contribution in [3.05, 3.63) is 287 Å². The van der Waals surface area contributed by atoms with Gasteiger partial charge in [0, 0.05) is 14.7 Å². The second kappa shape index (κ2) is 37.9. The minimum Gasteiger partial charge on any atom is -0.462 e. The average Bonchev–Trinajstić information content (AvgIpc) is 0.766. The molecule has 0 N–H and O–H groups in total. The first-order chi connectivity index (χ1) is 49.2. The summed E-state index contributed by atoms with van der Waals surface area (Å²) in [5, 5.41) is 0. The lowest BCUT2D eigenvalue weighted by molar-refractivity contribution is -0.398. The highest BCUT2D eigenvalue weighted by molar-refractivity contribution is 6.76. The SMILES string of the molecule is C[C@@H]1O[C@@H](O[C@@H]2[C@@H](OCc3ccccc3)[C@H](OCC[Si](C)(C)C)O[C@H](COC(=O)C(C)(C)C)[C@H]2OC2OC(COCc3ccccc3)C(OCc3ccccc3)C(OCc3ccccc3)C2OCc2ccccc2)[C@@H](OCc2ccccc2)[C@H](OCc2ccccc2)[C@@H]1OCc1ccccc1. The first kappa shape index (κ1) is 75.1. The van der Waals surface area contributed by atoms with Crippen LogP contribution in [0.4, 0.5) is 0 Å². The highest BCUT2D eigenvalue weighted by atomic mass is 28.3. The van der Waals surface area contributed by atoms with Gasteiger partial charge in [0.15, 0.2) is 18.9 Å². The fourth-order valence-corrected chi connectivity index (χ4v) is 13.1. The van der Waals surface area contributed by atoms with E-state index in [4.69, 9.17) is 71.1 Å². The fourth-order valence-electron chi connectivity index (χ4n) is 12.4. The van der Waals surface area contributed by atoms with E-state index in [0.717, 1.165) is 50.6 Å². The molecule has 0 amide bonds. The molecule has 0 saturated carbocycles. The van der Waals surface area contributed by atoms with Gasteiger partial charge in [-0.25, -0.2) is 0 Å². The first-order valence-corrected chi connectivity index (χ1v) is 39.1. The average molecular weight is 1390 g/mol. The summed E-state index contributed by atoms with van der Waals surface area (Å²) in [6.07, 6.45) is -15.2. The van der Waals surface area contributed by atoms with Crippen LogP contribution < -0.4 is 0 Å². The number of rotatable bonds is 35. The summed E-state index contributed by atoms with van der Waals surface area (Å²) in [5.74, 6) is -0.462. The van der Waals surface area contributed by atoms with Crippen LogP contribution in [0.2, 0.25) is 25.7 Å². The van der Waals surface area contributed by atoms with Crippen LogP contribution >= 0.6 is 0 Å². The molecule has 3 heterocycles. The maximum absolute atomic E-state index is 14.3. The topological polar surface area (TPSA) is 156 Å². The van der Waals surface area contributed by atoms with Crippen LogP contribution in [0, 0.1) is 5.41 Å². The van der Waals surface area contributed by atoms with Gasteiger partial charge < -0.3 is 71.1 Å². The van der Waals surface area contributed by atoms with Gasteiger partial charge in [0.1, 0.15) is 73.8 Å². The van der Waals surface area contributed by atoms with E-state index >= 15 is 0 Å². The van der Waals surface area contributed by atoms with E-state index in [-0.39, 0.29) is 66.1 Å². The maximum Gasteiger partial charge on any atom is 0.311 e. The molecule has 8 aromatic rings. The Bertz CT molecular complexity index is 3610. The number of hydrogen-bond donors (Lipinski definition) is 0. The Morgan fingerprint density at radius 3 is 1.01 bits per heavy atom. The van der Waals surface area contributed by atoms with E-state index in [1.807, 2.05) is 270 Å². The van der Waals surface area contributed by atoms with Crippen LogP contribution in [-0.2, 0) is 129 Å². The van der Waals surface area contributed by atoms with E-state index in [1.54, 1.807) is 0 Å². The Hall–Kier alpha value is -7.11. The van der Waals surface area contributed by atoms with Crippen molar-refractivity contribution in [2.45, 2.75) is 198 Å². The lowest BCUT2D eigenvalue weighted by Gasteiger charge is -2.52. The van der Waals surface area contributed by atoms with Crippen LogP contribution in [0.3, 0.4) is 0 Å². The predicted molar refractivity (Wildman–Crippen MR) is 387 cm³/mol. The molecule has 0 aromatic heterocycles. The Kier molecular flexibility index (Phi) is 28.2. The molecule has 0 bridgehead atoms. The van der Waals surface area contributed by atoms with Gasteiger partial charge in [-0.05, 0) is 78.2 Å². The molecule has 5 unspecified atom stereocenters. The van der Waals surface area contributed by atoms with Gasteiger partial charge in [-0.1, -0.05) is 262 Å². The Balaban J connectivity index is 1.06. The number of carbonyl (C=O) groups excluding carboxylic acids is 1. The normalized spacial score (nSPS) is 25.5. The molecular formula is C84H100O16Si. The third-order valence-corrected chi connectivity index (χ3v) is 19.7. The van der Waals surface area contributed by atoms with Gasteiger partial charge in [-0.3, -0.25) is 4.79 Å². The summed E-state index contributed by atoms with van der Waals surface area (Å²) >= 11 is 0. The molecule has 3 fully saturated rings. The summed E-state index contributed by atoms with van der Waals surface area (Å²) < 4.78 is 108.